The lowest BCUT2D eigenvalue weighted by Gasteiger charge is -2.26. The van der Waals surface area contributed by atoms with Crippen molar-refractivity contribution in [1.82, 2.24) is 15.5 Å². The van der Waals surface area contributed by atoms with Gasteiger partial charge in [0.2, 0.25) is 0 Å². The van der Waals surface area contributed by atoms with Gasteiger partial charge in [-0.15, -0.1) is 0 Å². The van der Waals surface area contributed by atoms with E-state index in [-0.39, 0.29) is 11.6 Å². The second-order valence-electron chi connectivity index (χ2n) is 5.93. The van der Waals surface area contributed by atoms with E-state index in [9.17, 15) is 13.2 Å². The van der Waals surface area contributed by atoms with Gasteiger partial charge in [-0.2, -0.15) is 13.2 Å². The van der Waals surface area contributed by atoms with E-state index in [1.165, 1.54) is 4.90 Å². The first-order valence-corrected chi connectivity index (χ1v) is 6.40. The van der Waals surface area contributed by atoms with Crippen molar-refractivity contribution >= 4 is 5.96 Å². The Hall–Kier alpha value is -0.980. The zero-order valence-electron chi connectivity index (χ0n) is 11.9. The van der Waals surface area contributed by atoms with Gasteiger partial charge < -0.3 is 10.6 Å². The molecule has 1 aliphatic heterocycles. The first kappa shape index (κ1) is 16.1. The molecule has 0 aromatic heterocycles. The van der Waals surface area contributed by atoms with Crippen LogP contribution in [-0.2, 0) is 0 Å². The topological polar surface area (TPSA) is 39.7 Å². The Morgan fingerprint density at radius 2 is 1.95 bits per heavy atom. The van der Waals surface area contributed by atoms with Crippen LogP contribution in [0.5, 0.6) is 0 Å². The van der Waals surface area contributed by atoms with Crippen LogP contribution in [0.25, 0.3) is 0 Å². The van der Waals surface area contributed by atoms with Gasteiger partial charge in [0.25, 0.3) is 0 Å². The van der Waals surface area contributed by atoms with Crippen molar-refractivity contribution in [3.63, 3.8) is 0 Å². The summed E-state index contributed by atoms with van der Waals surface area (Å²) in [6, 6.07) is 0.0101. The van der Waals surface area contributed by atoms with Crippen molar-refractivity contribution in [2.45, 2.75) is 44.9 Å². The lowest BCUT2D eigenvalue weighted by atomic mass is 10.1. The van der Waals surface area contributed by atoms with Gasteiger partial charge in [0.15, 0.2) is 5.96 Å². The second kappa shape index (κ2) is 5.98. The van der Waals surface area contributed by atoms with Gasteiger partial charge in [-0.3, -0.25) is 9.89 Å². The van der Waals surface area contributed by atoms with Crippen molar-refractivity contribution in [2.24, 2.45) is 4.99 Å². The molecule has 0 aliphatic carbocycles. The molecule has 1 aliphatic rings. The van der Waals surface area contributed by atoms with E-state index >= 15 is 0 Å². The third-order valence-corrected chi connectivity index (χ3v) is 2.73. The number of likely N-dealkylation sites (tertiary alicyclic amines) is 1. The SMILES string of the molecule is CN=C(NC1CCN(CC(F)(F)F)C1)NC(C)(C)C. The highest BCUT2D eigenvalue weighted by molar-refractivity contribution is 5.80. The number of hydrogen-bond donors (Lipinski definition) is 2. The smallest absolute Gasteiger partial charge is 0.352 e. The average Bonchev–Trinajstić information content (AvgIpc) is 2.59. The highest BCUT2D eigenvalue weighted by Crippen LogP contribution is 2.19. The number of rotatable bonds is 2. The molecule has 1 unspecified atom stereocenters. The van der Waals surface area contributed by atoms with Crippen molar-refractivity contribution in [1.29, 1.82) is 0 Å². The number of guanidine groups is 1. The van der Waals surface area contributed by atoms with Crippen molar-refractivity contribution in [2.75, 3.05) is 26.7 Å². The van der Waals surface area contributed by atoms with E-state index < -0.39 is 12.7 Å². The Balaban J connectivity index is 2.43. The summed E-state index contributed by atoms with van der Waals surface area (Å²) in [5, 5.41) is 6.36. The zero-order valence-corrected chi connectivity index (χ0v) is 11.9. The van der Waals surface area contributed by atoms with E-state index in [4.69, 9.17) is 0 Å². The summed E-state index contributed by atoms with van der Waals surface area (Å²) in [7, 11) is 1.66. The maximum atomic E-state index is 12.3. The third kappa shape index (κ3) is 6.66. The predicted molar refractivity (Wildman–Crippen MR) is 70.3 cm³/mol. The van der Waals surface area contributed by atoms with Crippen LogP contribution in [0.4, 0.5) is 13.2 Å². The first-order valence-electron chi connectivity index (χ1n) is 6.40. The molecule has 0 radical (unpaired) electrons. The van der Waals surface area contributed by atoms with E-state index in [0.29, 0.717) is 25.5 Å². The molecule has 112 valence electrons. The Labute approximate surface area is 112 Å². The predicted octanol–water partition coefficient (Wildman–Crippen LogP) is 1.59. The third-order valence-electron chi connectivity index (χ3n) is 2.73. The normalized spacial score (nSPS) is 22.7. The molecule has 0 spiro atoms. The molecule has 0 bridgehead atoms. The molecule has 7 heteroatoms. The molecule has 0 amide bonds. The summed E-state index contributed by atoms with van der Waals surface area (Å²) in [6.07, 6.45) is -3.43. The first-order chi connectivity index (χ1) is 8.59. The van der Waals surface area contributed by atoms with Crippen LogP contribution in [0.3, 0.4) is 0 Å². The fourth-order valence-electron chi connectivity index (χ4n) is 2.05. The van der Waals surface area contributed by atoms with Gasteiger partial charge in [0, 0.05) is 31.7 Å². The number of aliphatic imine (C=N–C) groups is 1. The highest BCUT2D eigenvalue weighted by atomic mass is 19.4. The Morgan fingerprint density at radius 1 is 1.32 bits per heavy atom. The standard InChI is InChI=1S/C12H23F3N4/c1-11(2,3)18-10(16-4)17-9-5-6-19(7-9)8-12(13,14)15/h9H,5-8H2,1-4H3,(H2,16,17,18). The van der Waals surface area contributed by atoms with Crippen LogP contribution in [0, 0.1) is 0 Å². The van der Waals surface area contributed by atoms with E-state index in [2.05, 4.69) is 15.6 Å². The summed E-state index contributed by atoms with van der Waals surface area (Å²) < 4.78 is 36.9. The molecule has 4 nitrogen and oxygen atoms in total. The molecule has 0 aromatic carbocycles. The van der Waals surface area contributed by atoms with Gasteiger partial charge in [0.1, 0.15) is 0 Å². The molecule has 0 saturated carbocycles. The van der Waals surface area contributed by atoms with Gasteiger partial charge >= 0.3 is 6.18 Å². The average molecular weight is 280 g/mol. The van der Waals surface area contributed by atoms with E-state index in [1.807, 2.05) is 20.8 Å². The minimum Gasteiger partial charge on any atom is -0.352 e. The fraction of sp³-hybridized carbons (Fsp3) is 0.917. The molecular weight excluding hydrogens is 257 g/mol. The van der Waals surface area contributed by atoms with Crippen LogP contribution in [-0.4, -0.2) is 55.3 Å². The second-order valence-corrected chi connectivity index (χ2v) is 5.93. The van der Waals surface area contributed by atoms with Crippen LogP contribution in [0.15, 0.2) is 4.99 Å². The summed E-state index contributed by atoms with van der Waals surface area (Å²) in [5.74, 6) is 0.631. The minimum atomic E-state index is -4.12. The Bertz CT molecular complexity index is 320. The number of hydrogen-bond acceptors (Lipinski definition) is 2. The number of alkyl halides is 3. The molecule has 2 N–H and O–H groups in total. The van der Waals surface area contributed by atoms with Gasteiger partial charge in [-0.25, -0.2) is 0 Å². The molecule has 0 aromatic rings. The Morgan fingerprint density at radius 3 is 2.42 bits per heavy atom. The van der Waals surface area contributed by atoms with Crippen molar-refractivity contribution in [3.05, 3.63) is 0 Å². The number of nitrogens with one attached hydrogen (secondary N) is 2. The van der Waals surface area contributed by atoms with Crippen molar-refractivity contribution < 1.29 is 13.2 Å². The van der Waals surface area contributed by atoms with E-state index in [1.54, 1.807) is 7.05 Å². The maximum Gasteiger partial charge on any atom is 0.401 e. The molecule has 1 saturated heterocycles. The zero-order chi connectivity index (χ0) is 14.7. The minimum absolute atomic E-state index is 0.0101. The lowest BCUT2D eigenvalue weighted by Crippen LogP contribution is -2.51. The van der Waals surface area contributed by atoms with Crippen LogP contribution in [0.2, 0.25) is 0 Å². The fourth-order valence-corrected chi connectivity index (χ4v) is 2.05. The number of nitrogens with zero attached hydrogens (tertiary/aromatic N) is 2. The van der Waals surface area contributed by atoms with Crippen LogP contribution in [0.1, 0.15) is 27.2 Å². The monoisotopic (exact) mass is 280 g/mol. The summed E-state index contributed by atoms with van der Waals surface area (Å²) >= 11 is 0. The molecule has 1 heterocycles. The van der Waals surface area contributed by atoms with Crippen LogP contribution < -0.4 is 10.6 Å². The maximum absolute atomic E-state index is 12.3. The largest absolute Gasteiger partial charge is 0.401 e. The van der Waals surface area contributed by atoms with Gasteiger partial charge in [-0.1, -0.05) is 0 Å². The molecule has 1 atom stereocenters. The van der Waals surface area contributed by atoms with Gasteiger partial charge in [-0.05, 0) is 27.2 Å². The molecule has 1 rings (SSSR count). The lowest BCUT2D eigenvalue weighted by molar-refractivity contribution is -0.143. The highest BCUT2D eigenvalue weighted by Gasteiger charge is 2.34. The summed E-state index contributed by atoms with van der Waals surface area (Å²) in [6.45, 7) is 6.03. The van der Waals surface area contributed by atoms with Crippen LogP contribution >= 0.6 is 0 Å². The van der Waals surface area contributed by atoms with E-state index in [0.717, 1.165) is 0 Å². The Kier molecular flexibility index (Phi) is 5.06. The van der Waals surface area contributed by atoms with Crippen molar-refractivity contribution in [3.8, 4) is 0 Å². The van der Waals surface area contributed by atoms with Gasteiger partial charge in [0.05, 0.1) is 6.54 Å². The number of halogens is 3. The quantitative estimate of drug-likeness (QED) is 0.596. The summed E-state index contributed by atoms with van der Waals surface area (Å²) in [5.41, 5.74) is -0.133. The molecule has 19 heavy (non-hydrogen) atoms. The summed E-state index contributed by atoms with van der Waals surface area (Å²) in [4.78, 5) is 5.51. The molecule has 1 fully saturated rings. The molecular formula is C12H23F3N4.